The Balaban J connectivity index is 1.40. The van der Waals surface area contributed by atoms with E-state index >= 15 is 0 Å². The van der Waals surface area contributed by atoms with Crippen molar-refractivity contribution in [1.29, 1.82) is 0 Å². The average Bonchev–Trinajstić information content (AvgIpc) is 3.07. The van der Waals surface area contributed by atoms with Gasteiger partial charge in [-0.25, -0.2) is 4.57 Å². The zero-order chi connectivity index (χ0) is 22.7. The molecule has 32 heavy (non-hydrogen) atoms. The second-order valence-corrected chi connectivity index (χ2v) is 8.64. The van der Waals surface area contributed by atoms with Crippen LogP contribution in [0.25, 0.3) is 11.1 Å². The summed E-state index contributed by atoms with van der Waals surface area (Å²) < 4.78 is 15.4. The molecule has 1 aliphatic carbocycles. The zero-order valence-electron chi connectivity index (χ0n) is 16.9. The Morgan fingerprint density at radius 3 is 2.03 bits per heavy atom. The Hall–Kier alpha value is -3.00. The fourth-order valence-corrected chi connectivity index (χ4v) is 4.31. The minimum absolute atomic E-state index is 0.00303. The molecule has 3 aromatic carbocycles. The van der Waals surface area contributed by atoms with Gasteiger partial charge in [0.1, 0.15) is 11.8 Å². The first-order valence-electron chi connectivity index (χ1n) is 9.94. The lowest BCUT2D eigenvalue weighted by Crippen LogP contribution is -2.39. The molecule has 0 aromatic heterocycles. The SMILES string of the molecule is O=C(O)[C@H](Cc1ccc(OP(=O)(O)O)cc1)NOCC1c2ccccc2-c2ccccc21. The monoisotopic (exact) mass is 455 g/mol. The van der Waals surface area contributed by atoms with E-state index in [1.807, 2.05) is 24.3 Å². The van der Waals surface area contributed by atoms with Gasteiger partial charge in [0.15, 0.2) is 0 Å². The van der Waals surface area contributed by atoms with Crippen molar-refractivity contribution >= 4 is 13.8 Å². The molecule has 9 heteroatoms. The molecule has 0 unspecified atom stereocenters. The van der Waals surface area contributed by atoms with E-state index in [1.165, 1.54) is 12.1 Å². The molecule has 0 fully saturated rings. The smallest absolute Gasteiger partial charge is 0.480 e. The van der Waals surface area contributed by atoms with Gasteiger partial charge >= 0.3 is 13.8 Å². The van der Waals surface area contributed by atoms with Crippen LogP contribution in [0.2, 0.25) is 0 Å². The van der Waals surface area contributed by atoms with Crippen LogP contribution < -0.4 is 10.0 Å². The number of nitrogens with one attached hydrogen (secondary N) is 1. The first-order chi connectivity index (χ1) is 15.3. The predicted octanol–water partition coefficient (Wildman–Crippen LogP) is 3.49. The summed E-state index contributed by atoms with van der Waals surface area (Å²) in [5.74, 6) is -1.09. The molecule has 0 heterocycles. The maximum absolute atomic E-state index is 11.7. The van der Waals surface area contributed by atoms with Crippen LogP contribution in [-0.2, 0) is 20.6 Å². The Morgan fingerprint density at radius 2 is 1.50 bits per heavy atom. The fourth-order valence-electron chi connectivity index (χ4n) is 3.91. The van der Waals surface area contributed by atoms with Crippen molar-refractivity contribution in [3.8, 4) is 16.9 Å². The Bertz CT molecular complexity index is 1110. The zero-order valence-corrected chi connectivity index (χ0v) is 17.8. The van der Waals surface area contributed by atoms with Gasteiger partial charge < -0.3 is 9.63 Å². The molecule has 8 nitrogen and oxygen atoms in total. The van der Waals surface area contributed by atoms with Gasteiger partial charge in [0.25, 0.3) is 0 Å². The topological polar surface area (TPSA) is 125 Å². The molecule has 1 atom stereocenters. The van der Waals surface area contributed by atoms with E-state index in [4.69, 9.17) is 14.6 Å². The number of aliphatic carboxylic acids is 1. The molecule has 0 saturated carbocycles. The summed E-state index contributed by atoms with van der Waals surface area (Å²) in [5.41, 5.74) is 7.89. The standard InChI is InChI=1S/C23H22NO7P/c25-23(26)22(13-15-9-11-16(12-10-15)31-32(27,28)29)24-30-14-21-19-7-3-1-5-17(19)18-6-2-4-8-20(18)21/h1-12,21-22,24H,13-14H2,(H,25,26)(H2,27,28,29)/t22-/m0/s1. The minimum Gasteiger partial charge on any atom is -0.480 e. The lowest BCUT2D eigenvalue weighted by Gasteiger charge is -2.18. The third-order valence-electron chi connectivity index (χ3n) is 5.32. The van der Waals surface area contributed by atoms with Crippen LogP contribution in [0.1, 0.15) is 22.6 Å². The lowest BCUT2D eigenvalue weighted by atomic mass is 9.98. The highest BCUT2D eigenvalue weighted by molar-refractivity contribution is 7.46. The Morgan fingerprint density at radius 1 is 0.938 bits per heavy atom. The van der Waals surface area contributed by atoms with Crippen molar-refractivity contribution in [1.82, 2.24) is 5.48 Å². The second kappa shape index (κ2) is 9.24. The van der Waals surface area contributed by atoms with Gasteiger partial charge in [0.2, 0.25) is 0 Å². The average molecular weight is 455 g/mol. The van der Waals surface area contributed by atoms with Crippen molar-refractivity contribution in [3.63, 3.8) is 0 Å². The van der Waals surface area contributed by atoms with E-state index in [1.54, 1.807) is 12.1 Å². The number of hydroxylamine groups is 1. The number of fused-ring (bicyclic) bond motifs is 3. The molecule has 3 aromatic rings. The van der Waals surface area contributed by atoms with E-state index in [2.05, 4.69) is 34.3 Å². The van der Waals surface area contributed by atoms with Crippen molar-refractivity contribution in [2.45, 2.75) is 18.4 Å². The van der Waals surface area contributed by atoms with Crippen LogP contribution in [-0.4, -0.2) is 33.5 Å². The highest BCUT2D eigenvalue weighted by Crippen LogP contribution is 2.44. The normalized spacial score (nSPS) is 13.9. The lowest BCUT2D eigenvalue weighted by molar-refractivity contribution is -0.144. The van der Waals surface area contributed by atoms with E-state index in [9.17, 15) is 14.5 Å². The molecule has 0 spiro atoms. The molecule has 166 valence electrons. The number of rotatable bonds is 9. The van der Waals surface area contributed by atoms with Gasteiger partial charge in [-0.1, -0.05) is 60.7 Å². The van der Waals surface area contributed by atoms with Crippen LogP contribution in [0.3, 0.4) is 0 Å². The van der Waals surface area contributed by atoms with Gasteiger partial charge in [-0.05, 0) is 39.9 Å². The molecule has 0 amide bonds. The summed E-state index contributed by atoms with van der Waals surface area (Å²) in [7, 11) is -4.64. The number of carbonyl (C=O) groups is 1. The van der Waals surface area contributed by atoms with Gasteiger partial charge in [0, 0.05) is 12.3 Å². The third kappa shape index (κ3) is 5.07. The quantitative estimate of drug-likeness (QED) is 0.286. The summed E-state index contributed by atoms with van der Waals surface area (Å²) in [6, 6.07) is 21.0. The first kappa shape index (κ1) is 22.2. The summed E-state index contributed by atoms with van der Waals surface area (Å²) in [6.07, 6.45) is 0.114. The van der Waals surface area contributed by atoms with Crippen molar-refractivity contribution in [2.24, 2.45) is 0 Å². The van der Waals surface area contributed by atoms with E-state index in [0.717, 1.165) is 22.3 Å². The summed E-state index contributed by atoms with van der Waals surface area (Å²) >= 11 is 0. The van der Waals surface area contributed by atoms with Crippen LogP contribution in [0.15, 0.2) is 72.8 Å². The van der Waals surface area contributed by atoms with Gasteiger partial charge in [-0.2, -0.15) is 5.48 Å². The van der Waals surface area contributed by atoms with E-state index in [-0.39, 0.29) is 24.7 Å². The number of hydrogen-bond donors (Lipinski definition) is 4. The largest absolute Gasteiger partial charge is 0.524 e. The van der Waals surface area contributed by atoms with Gasteiger partial charge in [0.05, 0.1) is 6.61 Å². The number of phosphoric ester groups is 1. The molecule has 1 aliphatic rings. The Kier molecular flexibility index (Phi) is 6.41. The maximum Gasteiger partial charge on any atom is 0.524 e. The minimum atomic E-state index is -4.64. The summed E-state index contributed by atoms with van der Waals surface area (Å²) in [6.45, 7) is 0.271. The molecule has 0 aliphatic heterocycles. The summed E-state index contributed by atoms with van der Waals surface area (Å²) in [5, 5.41) is 9.58. The van der Waals surface area contributed by atoms with E-state index < -0.39 is 19.8 Å². The van der Waals surface area contributed by atoms with Crippen molar-refractivity contribution in [3.05, 3.63) is 89.5 Å². The van der Waals surface area contributed by atoms with Crippen LogP contribution >= 0.6 is 7.82 Å². The molecule has 4 N–H and O–H groups in total. The van der Waals surface area contributed by atoms with Crippen molar-refractivity contribution in [2.75, 3.05) is 6.61 Å². The third-order valence-corrected chi connectivity index (χ3v) is 5.77. The fraction of sp³-hybridized carbons (Fsp3) is 0.174. The number of carboxylic acids is 1. The number of hydrogen-bond acceptors (Lipinski definition) is 5. The van der Waals surface area contributed by atoms with Crippen molar-refractivity contribution < 1.29 is 33.6 Å². The second-order valence-electron chi connectivity index (χ2n) is 7.48. The summed E-state index contributed by atoms with van der Waals surface area (Å²) in [4.78, 5) is 35.1. The maximum atomic E-state index is 11.7. The molecular weight excluding hydrogens is 433 g/mol. The highest BCUT2D eigenvalue weighted by atomic mass is 31.2. The van der Waals surface area contributed by atoms with Gasteiger partial charge in [-0.3, -0.25) is 19.4 Å². The number of carboxylic acid groups (broad SMARTS) is 1. The van der Waals surface area contributed by atoms with Crippen LogP contribution in [0.4, 0.5) is 0 Å². The number of phosphoric acid groups is 1. The highest BCUT2D eigenvalue weighted by Gasteiger charge is 2.29. The van der Waals surface area contributed by atoms with Crippen LogP contribution in [0, 0.1) is 0 Å². The molecule has 0 radical (unpaired) electrons. The van der Waals surface area contributed by atoms with E-state index in [0.29, 0.717) is 5.56 Å². The molecule has 4 rings (SSSR count). The molecule has 0 saturated heterocycles. The Labute approximate surface area is 184 Å². The molecule has 0 bridgehead atoms. The van der Waals surface area contributed by atoms with Crippen LogP contribution in [0.5, 0.6) is 5.75 Å². The molecular formula is C23H22NO7P. The predicted molar refractivity (Wildman–Crippen MR) is 117 cm³/mol. The first-order valence-corrected chi connectivity index (χ1v) is 11.5. The number of benzene rings is 3. The van der Waals surface area contributed by atoms with Gasteiger partial charge in [-0.15, -0.1) is 0 Å².